The minimum atomic E-state index is -4.49. The summed E-state index contributed by atoms with van der Waals surface area (Å²) < 4.78 is 38.3. The average Bonchev–Trinajstić information content (AvgIpc) is 2.83. The summed E-state index contributed by atoms with van der Waals surface area (Å²) in [4.78, 5) is 31.8. The summed E-state index contributed by atoms with van der Waals surface area (Å²) in [6, 6.07) is 7.08. The van der Waals surface area contributed by atoms with Crippen molar-refractivity contribution in [1.29, 1.82) is 0 Å². The number of rotatable bonds is 5. The average molecular weight is 470 g/mol. The van der Waals surface area contributed by atoms with Crippen LogP contribution < -0.4 is 5.32 Å². The normalized spacial score (nSPS) is 18.6. The first-order chi connectivity index (χ1) is 16.3. The Hall–Kier alpha value is -3.56. The number of likely N-dealkylation sites (tertiary alicyclic amines) is 1. The monoisotopic (exact) mass is 470 g/mol. The number of benzene rings is 1. The SMILES string of the molecule is Cc1cccc(C(=O)N2CCC[C@@H](C)C2CNc2ncc(C(F)(F)F)cn2)c1-c1ncccn1. The van der Waals surface area contributed by atoms with E-state index in [0.717, 1.165) is 30.8 Å². The maximum absolute atomic E-state index is 13.8. The fraction of sp³-hybridized carbons (Fsp3) is 0.375. The molecule has 2 atom stereocenters. The molecule has 1 amide bonds. The highest BCUT2D eigenvalue weighted by Gasteiger charge is 2.34. The maximum atomic E-state index is 13.8. The molecule has 1 N–H and O–H groups in total. The largest absolute Gasteiger partial charge is 0.419 e. The van der Waals surface area contributed by atoms with Crippen LogP contribution >= 0.6 is 0 Å². The van der Waals surface area contributed by atoms with Gasteiger partial charge in [0.15, 0.2) is 5.82 Å². The van der Waals surface area contributed by atoms with Gasteiger partial charge in [0.1, 0.15) is 0 Å². The lowest BCUT2D eigenvalue weighted by Crippen LogP contribution is -2.51. The number of carbonyl (C=O) groups excluding carboxylic acids is 1. The predicted octanol–water partition coefficient (Wildman–Crippen LogP) is 4.61. The van der Waals surface area contributed by atoms with Gasteiger partial charge in [0.05, 0.1) is 17.2 Å². The molecule has 2 aromatic heterocycles. The first-order valence-corrected chi connectivity index (χ1v) is 11.1. The van der Waals surface area contributed by atoms with Crippen LogP contribution in [0, 0.1) is 12.8 Å². The number of nitrogens with one attached hydrogen (secondary N) is 1. The van der Waals surface area contributed by atoms with E-state index in [0.29, 0.717) is 30.0 Å². The van der Waals surface area contributed by atoms with E-state index in [1.54, 1.807) is 24.5 Å². The van der Waals surface area contributed by atoms with Crippen molar-refractivity contribution < 1.29 is 18.0 Å². The fourth-order valence-corrected chi connectivity index (χ4v) is 4.30. The van der Waals surface area contributed by atoms with Gasteiger partial charge in [-0.25, -0.2) is 19.9 Å². The fourth-order valence-electron chi connectivity index (χ4n) is 4.30. The molecule has 1 fully saturated rings. The summed E-state index contributed by atoms with van der Waals surface area (Å²) in [5.41, 5.74) is 1.21. The molecule has 1 saturated heterocycles. The summed E-state index contributed by atoms with van der Waals surface area (Å²) in [7, 11) is 0. The highest BCUT2D eigenvalue weighted by molar-refractivity contribution is 6.01. The summed E-state index contributed by atoms with van der Waals surface area (Å²) in [6.45, 7) is 4.88. The number of alkyl halides is 3. The Balaban J connectivity index is 1.57. The van der Waals surface area contributed by atoms with Crippen LogP contribution in [-0.2, 0) is 6.18 Å². The Labute approximate surface area is 195 Å². The first kappa shape index (κ1) is 23.6. The van der Waals surface area contributed by atoms with Crippen LogP contribution in [0.4, 0.5) is 19.1 Å². The second-order valence-corrected chi connectivity index (χ2v) is 8.43. The van der Waals surface area contributed by atoms with E-state index in [1.165, 1.54) is 0 Å². The summed E-state index contributed by atoms with van der Waals surface area (Å²) in [5, 5.41) is 3.01. The number of amides is 1. The molecule has 1 aliphatic rings. The Kier molecular flexibility index (Phi) is 6.76. The third kappa shape index (κ3) is 5.00. The number of aryl methyl sites for hydroxylation is 1. The van der Waals surface area contributed by atoms with E-state index in [4.69, 9.17) is 0 Å². The Morgan fingerprint density at radius 1 is 1.12 bits per heavy atom. The van der Waals surface area contributed by atoms with Crippen LogP contribution in [0.1, 0.15) is 41.3 Å². The van der Waals surface area contributed by atoms with E-state index in [1.807, 2.05) is 24.0 Å². The minimum absolute atomic E-state index is 0.0899. The van der Waals surface area contributed by atoms with E-state index >= 15 is 0 Å². The van der Waals surface area contributed by atoms with E-state index in [9.17, 15) is 18.0 Å². The van der Waals surface area contributed by atoms with Crippen LogP contribution in [0.25, 0.3) is 11.4 Å². The highest BCUT2D eigenvalue weighted by atomic mass is 19.4. The van der Waals surface area contributed by atoms with E-state index in [-0.39, 0.29) is 23.8 Å². The van der Waals surface area contributed by atoms with Crippen LogP contribution in [0.15, 0.2) is 49.1 Å². The third-order valence-electron chi connectivity index (χ3n) is 6.12. The van der Waals surface area contributed by atoms with Crippen molar-refractivity contribution in [2.24, 2.45) is 5.92 Å². The minimum Gasteiger partial charge on any atom is -0.352 e. The summed E-state index contributed by atoms with van der Waals surface area (Å²) in [5.74, 6) is 0.632. The van der Waals surface area contributed by atoms with Crippen molar-refractivity contribution >= 4 is 11.9 Å². The van der Waals surface area contributed by atoms with Gasteiger partial charge < -0.3 is 10.2 Å². The molecule has 4 rings (SSSR count). The van der Waals surface area contributed by atoms with Crippen molar-refractivity contribution in [3.8, 4) is 11.4 Å². The van der Waals surface area contributed by atoms with Gasteiger partial charge in [-0.2, -0.15) is 13.2 Å². The molecule has 0 radical (unpaired) electrons. The van der Waals surface area contributed by atoms with Crippen LogP contribution in [0.2, 0.25) is 0 Å². The molecule has 7 nitrogen and oxygen atoms in total. The molecule has 34 heavy (non-hydrogen) atoms. The molecule has 0 aliphatic carbocycles. The molecule has 3 aromatic rings. The van der Waals surface area contributed by atoms with Crippen molar-refractivity contribution in [3.63, 3.8) is 0 Å². The van der Waals surface area contributed by atoms with Crippen molar-refractivity contribution in [1.82, 2.24) is 24.8 Å². The molecule has 1 aliphatic heterocycles. The highest BCUT2D eigenvalue weighted by Crippen LogP contribution is 2.31. The van der Waals surface area contributed by atoms with Gasteiger partial charge >= 0.3 is 6.18 Å². The lowest BCUT2D eigenvalue weighted by Gasteiger charge is -2.40. The van der Waals surface area contributed by atoms with Gasteiger partial charge in [-0.05, 0) is 43.4 Å². The number of nitrogens with zero attached hydrogens (tertiary/aromatic N) is 5. The van der Waals surface area contributed by atoms with Crippen molar-refractivity contribution in [2.45, 2.75) is 38.9 Å². The molecule has 0 spiro atoms. The molecule has 3 heterocycles. The number of halogens is 3. The van der Waals surface area contributed by atoms with Gasteiger partial charge in [-0.15, -0.1) is 0 Å². The summed E-state index contributed by atoms with van der Waals surface area (Å²) in [6.07, 6.45) is 2.09. The lowest BCUT2D eigenvalue weighted by molar-refractivity contribution is -0.138. The number of aromatic nitrogens is 4. The Bertz CT molecular complexity index is 1140. The number of hydrogen-bond donors (Lipinski definition) is 1. The molecule has 1 aromatic carbocycles. The van der Waals surface area contributed by atoms with Crippen molar-refractivity contribution in [2.75, 3.05) is 18.4 Å². The van der Waals surface area contributed by atoms with Crippen molar-refractivity contribution in [3.05, 3.63) is 65.7 Å². The number of piperidine rings is 1. The molecule has 10 heteroatoms. The molecule has 1 unspecified atom stereocenters. The molecule has 178 valence electrons. The van der Waals surface area contributed by atoms with Gasteiger partial charge in [0.25, 0.3) is 5.91 Å². The second-order valence-electron chi connectivity index (χ2n) is 8.43. The zero-order valence-electron chi connectivity index (χ0n) is 18.9. The van der Waals surface area contributed by atoms with E-state index < -0.39 is 11.7 Å². The smallest absolute Gasteiger partial charge is 0.352 e. The molecule has 0 saturated carbocycles. The number of hydrogen-bond acceptors (Lipinski definition) is 6. The second kappa shape index (κ2) is 9.74. The molecular formula is C24H25F3N6O. The van der Waals surface area contributed by atoms with Gasteiger partial charge in [0, 0.05) is 43.4 Å². The zero-order valence-corrected chi connectivity index (χ0v) is 18.9. The predicted molar refractivity (Wildman–Crippen MR) is 121 cm³/mol. The quantitative estimate of drug-likeness (QED) is 0.586. The van der Waals surface area contributed by atoms with Crippen LogP contribution in [-0.4, -0.2) is 49.9 Å². The van der Waals surface area contributed by atoms with Gasteiger partial charge in [-0.1, -0.05) is 19.1 Å². The Morgan fingerprint density at radius 2 is 1.82 bits per heavy atom. The van der Waals surface area contributed by atoms with E-state index in [2.05, 4.69) is 32.2 Å². The molecule has 0 bridgehead atoms. The third-order valence-corrected chi connectivity index (χ3v) is 6.12. The molecular weight excluding hydrogens is 445 g/mol. The van der Waals surface area contributed by atoms with Gasteiger partial charge in [0.2, 0.25) is 5.95 Å². The van der Waals surface area contributed by atoms with Crippen LogP contribution in [0.5, 0.6) is 0 Å². The maximum Gasteiger partial charge on any atom is 0.419 e. The standard InChI is InChI=1S/C24H25F3N6O/c1-15-7-4-11-33(19(15)14-32-23-30-12-17(13-31-23)24(25,26)27)22(34)18-8-3-6-16(2)20(18)21-28-9-5-10-29-21/h3,5-6,8-10,12-13,15,19H,4,7,11,14H2,1-2H3,(H,30,31,32)/t15-,19?/m1/s1. The first-order valence-electron chi connectivity index (χ1n) is 11.1. The topological polar surface area (TPSA) is 83.9 Å². The number of anilines is 1. The lowest BCUT2D eigenvalue weighted by atomic mass is 9.89. The van der Waals surface area contributed by atoms with Crippen LogP contribution in [0.3, 0.4) is 0 Å². The summed E-state index contributed by atoms with van der Waals surface area (Å²) >= 11 is 0. The number of carbonyl (C=O) groups is 1. The zero-order chi connectivity index (χ0) is 24.3. The van der Waals surface area contributed by atoms with Gasteiger partial charge in [-0.3, -0.25) is 4.79 Å². The Morgan fingerprint density at radius 3 is 2.50 bits per heavy atom.